The molecule has 0 saturated heterocycles. The van der Waals surface area contributed by atoms with Gasteiger partial charge in [-0.2, -0.15) is 4.57 Å². The number of imidazole rings is 1. The molecule has 1 heterocycles. The van der Waals surface area contributed by atoms with Crippen molar-refractivity contribution >= 4 is 0 Å². The van der Waals surface area contributed by atoms with Crippen LogP contribution in [0, 0.1) is 26.4 Å². The van der Waals surface area contributed by atoms with Crippen molar-refractivity contribution in [2.45, 2.75) is 60.2 Å². The Balaban J connectivity index is 2.70. The van der Waals surface area contributed by atoms with Crippen LogP contribution < -0.4 is 4.57 Å². The van der Waals surface area contributed by atoms with Crippen LogP contribution in [-0.2, 0) is 7.05 Å². The minimum absolute atomic E-state index is 0.0456. The molecule has 0 radical (unpaired) electrons. The fraction of sp³-hybridized carbons (Fsp3) is 0.400. The molecule has 2 aromatic carbocycles. The van der Waals surface area contributed by atoms with Gasteiger partial charge in [-0.1, -0.05) is 45.9 Å². The van der Waals surface area contributed by atoms with Crippen molar-refractivity contribution in [3.8, 4) is 17.1 Å². The van der Waals surface area contributed by atoms with Crippen molar-refractivity contribution in [2.75, 3.05) is 0 Å². The zero-order chi connectivity index (χ0) is 25.7. The summed E-state index contributed by atoms with van der Waals surface area (Å²) in [5, 5.41) is 0. The molecule has 0 atom stereocenters. The lowest BCUT2D eigenvalue weighted by Crippen LogP contribution is -2.33. The smallest absolute Gasteiger partial charge is 0.229 e. The molecule has 0 aliphatic rings. The maximum Gasteiger partial charge on any atom is 0.294 e. The molecule has 0 unspecified atom stereocenters. The van der Waals surface area contributed by atoms with Gasteiger partial charge in [0.2, 0.25) is 0 Å². The first-order valence-corrected chi connectivity index (χ1v) is 9.62. The summed E-state index contributed by atoms with van der Waals surface area (Å²) < 4.78 is 66.9. The molecule has 148 valence electrons. The second-order valence-electron chi connectivity index (χ2n) is 7.97. The monoisotopic (exact) mass is 385 g/mol. The van der Waals surface area contributed by atoms with E-state index in [1.54, 1.807) is 24.6 Å². The van der Waals surface area contributed by atoms with Gasteiger partial charge in [-0.25, -0.2) is 8.96 Å². The molecule has 0 aliphatic carbocycles. The van der Waals surface area contributed by atoms with E-state index in [9.17, 15) is 4.39 Å². The lowest BCUT2D eigenvalue weighted by atomic mass is 9.92. The van der Waals surface area contributed by atoms with Gasteiger partial charge in [0, 0.05) is 33.1 Å². The predicted molar refractivity (Wildman–Crippen MR) is 115 cm³/mol. The van der Waals surface area contributed by atoms with Crippen molar-refractivity contribution in [2.24, 2.45) is 7.05 Å². The Morgan fingerprint density at radius 1 is 1.00 bits per heavy atom. The second kappa shape index (κ2) is 7.54. The third-order valence-corrected chi connectivity index (χ3v) is 5.31. The van der Waals surface area contributed by atoms with Crippen LogP contribution in [0.4, 0.5) is 4.39 Å². The van der Waals surface area contributed by atoms with Crippen LogP contribution in [0.15, 0.2) is 36.4 Å². The third-order valence-electron chi connectivity index (χ3n) is 5.31. The van der Waals surface area contributed by atoms with Gasteiger partial charge in [0.05, 0.1) is 12.6 Å². The van der Waals surface area contributed by atoms with Crippen LogP contribution in [0.5, 0.6) is 0 Å². The van der Waals surface area contributed by atoms with E-state index in [0.29, 0.717) is 22.6 Å². The average Bonchev–Trinajstić information content (AvgIpc) is 3.00. The van der Waals surface area contributed by atoms with Crippen LogP contribution in [0.3, 0.4) is 0 Å². The second-order valence-corrected chi connectivity index (χ2v) is 7.97. The number of aromatic nitrogens is 2. The molecule has 1 aromatic heterocycles. The number of benzene rings is 2. The summed E-state index contributed by atoms with van der Waals surface area (Å²) in [5.41, 5.74) is 3.14. The van der Waals surface area contributed by atoms with Crippen molar-refractivity contribution < 1.29 is 17.2 Å². The van der Waals surface area contributed by atoms with Crippen LogP contribution in [0.1, 0.15) is 75.8 Å². The van der Waals surface area contributed by atoms with Gasteiger partial charge < -0.3 is 0 Å². The summed E-state index contributed by atoms with van der Waals surface area (Å²) in [5.74, 6) is 0.0674. The SMILES string of the molecule is [2H]C([2H])([2H])c1c(C([2H])([2H])[2H])[n+](C)c(-c2ccc(F)cc2C)n1-c1c(C(C)C)cccc1C(C)C. The fourth-order valence-corrected chi connectivity index (χ4v) is 3.79. The topological polar surface area (TPSA) is 8.81 Å². The van der Waals surface area contributed by atoms with Crippen LogP contribution in [-0.4, -0.2) is 4.57 Å². The van der Waals surface area contributed by atoms with Gasteiger partial charge in [-0.3, -0.25) is 0 Å². The summed E-state index contributed by atoms with van der Waals surface area (Å²) in [6, 6.07) is 10.1. The minimum atomic E-state index is -2.72. The van der Waals surface area contributed by atoms with Crippen molar-refractivity contribution in [1.82, 2.24) is 4.57 Å². The molecule has 0 N–H and O–H groups in total. The molecule has 28 heavy (non-hydrogen) atoms. The molecular weight excluding hydrogens is 347 g/mol. The molecule has 2 nitrogen and oxygen atoms in total. The highest BCUT2D eigenvalue weighted by atomic mass is 19.1. The van der Waals surface area contributed by atoms with Gasteiger partial charge in [-0.05, 0) is 42.5 Å². The van der Waals surface area contributed by atoms with Gasteiger partial charge >= 0.3 is 0 Å². The number of nitrogens with zero attached hydrogens (tertiary/aromatic N) is 2. The molecule has 3 heteroatoms. The average molecular weight is 386 g/mol. The highest BCUT2D eigenvalue weighted by Gasteiger charge is 2.31. The Morgan fingerprint density at radius 3 is 2.14 bits per heavy atom. The fourth-order valence-electron chi connectivity index (χ4n) is 3.79. The van der Waals surface area contributed by atoms with E-state index in [4.69, 9.17) is 8.22 Å². The lowest BCUT2D eigenvalue weighted by Gasteiger charge is -2.19. The standard InChI is InChI=1S/C25H32FN2/c1-15(2)21-10-9-11-22(16(3)4)24(21)28-19(7)18(6)27(8)25(28)23-13-12-20(26)14-17(23)5/h9-16H,1-8H3/q+1/i6D3,7D3. The van der Waals surface area contributed by atoms with Gasteiger partial charge in [0.15, 0.2) is 0 Å². The number of rotatable bonds is 4. The van der Waals surface area contributed by atoms with Crippen molar-refractivity contribution in [3.05, 3.63) is 70.3 Å². The molecule has 0 spiro atoms. The van der Waals surface area contributed by atoms with E-state index in [0.717, 1.165) is 11.1 Å². The van der Waals surface area contributed by atoms with Crippen LogP contribution in [0.2, 0.25) is 0 Å². The van der Waals surface area contributed by atoms with E-state index >= 15 is 0 Å². The van der Waals surface area contributed by atoms with Gasteiger partial charge in [0.25, 0.3) is 5.82 Å². The number of para-hydroxylation sites is 1. The van der Waals surface area contributed by atoms with E-state index in [1.807, 2.05) is 45.9 Å². The highest BCUT2D eigenvalue weighted by molar-refractivity contribution is 5.64. The minimum Gasteiger partial charge on any atom is -0.229 e. The molecule has 0 amide bonds. The van der Waals surface area contributed by atoms with Gasteiger partial charge in [-0.15, -0.1) is 0 Å². The first-order valence-electron chi connectivity index (χ1n) is 12.6. The maximum absolute atomic E-state index is 14.0. The maximum atomic E-state index is 14.0. The van der Waals surface area contributed by atoms with Crippen LogP contribution >= 0.6 is 0 Å². The number of hydrogen-bond acceptors (Lipinski definition) is 0. The Bertz CT molecular complexity index is 1190. The van der Waals surface area contributed by atoms with Gasteiger partial charge in [0.1, 0.15) is 22.9 Å². The first kappa shape index (κ1) is 13.7. The normalized spacial score (nSPS) is 15.8. The van der Waals surface area contributed by atoms with Crippen molar-refractivity contribution in [3.63, 3.8) is 0 Å². The zero-order valence-corrected chi connectivity index (χ0v) is 17.4. The Labute approximate surface area is 177 Å². The highest BCUT2D eigenvalue weighted by Crippen LogP contribution is 2.36. The van der Waals surface area contributed by atoms with Crippen LogP contribution in [0.25, 0.3) is 17.1 Å². The quantitative estimate of drug-likeness (QED) is 0.467. The van der Waals surface area contributed by atoms with E-state index in [2.05, 4.69) is 0 Å². The first-order chi connectivity index (χ1) is 15.6. The summed E-state index contributed by atoms with van der Waals surface area (Å²) in [6.45, 7) is 4.43. The summed E-state index contributed by atoms with van der Waals surface area (Å²) in [7, 11) is 1.57. The molecule has 0 aliphatic heterocycles. The predicted octanol–water partition coefficient (Wildman–Crippen LogP) is 6.28. The number of aryl methyl sites for hydroxylation is 1. The number of halogens is 1. The third kappa shape index (κ3) is 3.28. The largest absolute Gasteiger partial charge is 0.294 e. The Hall–Kier alpha value is -2.42. The van der Waals surface area contributed by atoms with Crippen molar-refractivity contribution in [1.29, 1.82) is 0 Å². The van der Waals surface area contributed by atoms with E-state index in [1.165, 1.54) is 16.7 Å². The Morgan fingerprint density at radius 2 is 1.64 bits per heavy atom. The van der Waals surface area contributed by atoms with E-state index < -0.39 is 19.5 Å². The molecular formula is C25H32FN2+. The summed E-state index contributed by atoms with van der Waals surface area (Å²) in [6.07, 6.45) is 0. The molecule has 0 fully saturated rings. The molecule has 0 saturated carbocycles. The lowest BCUT2D eigenvalue weighted by molar-refractivity contribution is -0.665. The molecule has 3 aromatic rings. The van der Waals surface area contributed by atoms with E-state index in [-0.39, 0.29) is 23.2 Å². The molecule has 0 bridgehead atoms. The zero-order valence-electron chi connectivity index (χ0n) is 23.4. The number of hydrogen-bond donors (Lipinski definition) is 0. The summed E-state index contributed by atoms with van der Waals surface area (Å²) >= 11 is 0. The molecule has 3 rings (SSSR count). The Kier molecular flexibility index (Phi) is 3.69. The summed E-state index contributed by atoms with van der Waals surface area (Å²) in [4.78, 5) is 0.